The standard InChI is InChI=1S/C23H29N3O5S/c1-17-6-5-15-26(16-17)32(29,30)19-11-9-18(10-12-19)25-22(27)13-14-24-23(28)20-7-3-4-8-21(20)31-2/h3-4,7-12,17H,5-6,13-16H2,1-2H3,(H,24,28)(H,25,27)/t17-/m1/s1. The number of sulfonamides is 1. The van der Waals surface area contributed by atoms with Crippen LogP contribution in [0, 0.1) is 5.92 Å². The van der Waals surface area contributed by atoms with Crippen LogP contribution in [0.3, 0.4) is 0 Å². The number of methoxy groups -OCH3 is 1. The average molecular weight is 460 g/mol. The van der Waals surface area contributed by atoms with Crippen LogP contribution in [-0.4, -0.2) is 51.3 Å². The second kappa shape index (κ2) is 10.6. The molecule has 1 heterocycles. The summed E-state index contributed by atoms with van der Waals surface area (Å²) in [5, 5.41) is 5.41. The molecule has 0 bridgehead atoms. The van der Waals surface area contributed by atoms with Gasteiger partial charge in [0, 0.05) is 31.7 Å². The number of amides is 2. The van der Waals surface area contributed by atoms with E-state index in [0.29, 0.717) is 36.0 Å². The quantitative estimate of drug-likeness (QED) is 0.632. The number of nitrogens with one attached hydrogen (secondary N) is 2. The third-order valence-electron chi connectivity index (χ3n) is 5.38. The maximum atomic E-state index is 12.8. The van der Waals surface area contributed by atoms with Crippen molar-refractivity contribution < 1.29 is 22.7 Å². The molecule has 0 unspecified atom stereocenters. The van der Waals surface area contributed by atoms with E-state index in [1.54, 1.807) is 36.4 Å². The third kappa shape index (κ3) is 5.86. The molecule has 1 aliphatic heterocycles. The van der Waals surface area contributed by atoms with Gasteiger partial charge in [0.2, 0.25) is 15.9 Å². The highest BCUT2D eigenvalue weighted by atomic mass is 32.2. The van der Waals surface area contributed by atoms with E-state index in [2.05, 4.69) is 17.6 Å². The minimum absolute atomic E-state index is 0.0760. The predicted octanol–water partition coefficient (Wildman–Crippen LogP) is 2.87. The number of hydrogen-bond donors (Lipinski definition) is 2. The summed E-state index contributed by atoms with van der Waals surface area (Å²) >= 11 is 0. The first-order chi connectivity index (χ1) is 15.3. The second-order valence-electron chi connectivity index (χ2n) is 7.89. The van der Waals surface area contributed by atoms with E-state index in [-0.39, 0.29) is 29.7 Å². The molecule has 0 radical (unpaired) electrons. The van der Waals surface area contributed by atoms with Gasteiger partial charge in [-0.1, -0.05) is 19.1 Å². The molecule has 2 amide bonds. The Morgan fingerprint density at radius 3 is 2.53 bits per heavy atom. The number of anilines is 1. The summed E-state index contributed by atoms with van der Waals surface area (Å²) in [7, 11) is -2.04. The minimum atomic E-state index is -3.53. The number of carbonyl (C=O) groups is 2. The summed E-state index contributed by atoms with van der Waals surface area (Å²) < 4.78 is 32.3. The fourth-order valence-corrected chi connectivity index (χ4v) is 5.26. The molecule has 1 atom stereocenters. The number of ether oxygens (including phenoxy) is 1. The Morgan fingerprint density at radius 1 is 1.12 bits per heavy atom. The third-order valence-corrected chi connectivity index (χ3v) is 7.26. The molecule has 0 aliphatic carbocycles. The Morgan fingerprint density at radius 2 is 1.84 bits per heavy atom. The highest BCUT2D eigenvalue weighted by Gasteiger charge is 2.28. The van der Waals surface area contributed by atoms with Gasteiger partial charge in [0.1, 0.15) is 5.75 Å². The lowest BCUT2D eigenvalue weighted by molar-refractivity contribution is -0.116. The minimum Gasteiger partial charge on any atom is -0.496 e. The molecule has 1 saturated heterocycles. The van der Waals surface area contributed by atoms with Crippen LogP contribution in [0.2, 0.25) is 0 Å². The van der Waals surface area contributed by atoms with Gasteiger partial charge in [-0.25, -0.2) is 8.42 Å². The fourth-order valence-electron chi connectivity index (χ4n) is 3.66. The van der Waals surface area contributed by atoms with Crippen LogP contribution in [0.1, 0.15) is 36.5 Å². The first-order valence-corrected chi connectivity index (χ1v) is 12.1. The van der Waals surface area contributed by atoms with Gasteiger partial charge < -0.3 is 15.4 Å². The Labute approximate surface area is 189 Å². The zero-order valence-corrected chi connectivity index (χ0v) is 19.2. The SMILES string of the molecule is COc1ccccc1C(=O)NCCC(=O)Nc1ccc(S(=O)(=O)N2CCC[C@@H](C)C2)cc1. The number of carbonyl (C=O) groups excluding carboxylic acids is 2. The fraction of sp³-hybridized carbons (Fsp3) is 0.391. The van der Waals surface area contributed by atoms with E-state index in [9.17, 15) is 18.0 Å². The lowest BCUT2D eigenvalue weighted by Crippen LogP contribution is -2.39. The lowest BCUT2D eigenvalue weighted by atomic mass is 10.0. The van der Waals surface area contributed by atoms with Crippen LogP contribution in [0.5, 0.6) is 5.75 Å². The van der Waals surface area contributed by atoms with E-state index in [4.69, 9.17) is 4.74 Å². The van der Waals surface area contributed by atoms with Crippen molar-refractivity contribution in [1.29, 1.82) is 0 Å². The molecular weight excluding hydrogens is 430 g/mol. The first-order valence-electron chi connectivity index (χ1n) is 10.6. The second-order valence-corrected chi connectivity index (χ2v) is 9.83. The van der Waals surface area contributed by atoms with Crippen molar-refractivity contribution in [3.63, 3.8) is 0 Å². The molecular formula is C23H29N3O5S. The Bertz CT molecular complexity index is 1050. The molecule has 3 rings (SSSR count). The topological polar surface area (TPSA) is 105 Å². The van der Waals surface area contributed by atoms with Gasteiger partial charge >= 0.3 is 0 Å². The van der Waals surface area contributed by atoms with Crippen molar-refractivity contribution in [2.45, 2.75) is 31.1 Å². The van der Waals surface area contributed by atoms with Crippen molar-refractivity contribution in [2.75, 3.05) is 32.1 Å². The van der Waals surface area contributed by atoms with Gasteiger partial charge in [0.05, 0.1) is 17.6 Å². The van der Waals surface area contributed by atoms with Gasteiger partial charge in [-0.2, -0.15) is 4.31 Å². The molecule has 0 saturated carbocycles. The predicted molar refractivity (Wildman–Crippen MR) is 122 cm³/mol. The van der Waals surface area contributed by atoms with E-state index in [0.717, 1.165) is 12.8 Å². The summed E-state index contributed by atoms with van der Waals surface area (Å²) in [4.78, 5) is 24.7. The van der Waals surface area contributed by atoms with Gasteiger partial charge in [-0.3, -0.25) is 9.59 Å². The summed E-state index contributed by atoms with van der Waals surface area (Å²) in [5.41, 5.74) is 0.896. The van der Waals surface area contributed by atoms with Crippen LogP contribution in [0.4, 0.5) is 5.69 Å². The summed E-state index contributed by atoms with van der Waals surface area (Å²) in [5.74, 6) is 0.201. The zero-order valence-electron chi connectivity index (χ0n) is 18.3. The Balaban J connectivity index is 1.51. The van der Waals surface area contributed by atoms with Gasteiger partial charge in [0.25, 0.3) is 5.91 Å². The molecule has 1 fully saturated rings. The Hall–Kier alpha value is -2.91. The van der Waals surface area contributed by atoms with E-state index in [1.807, 2.05) is 0 Å². The highest BCUT2D eigenvalue weighted by molar-refractivity contribution is 7.89. The zero-order chi connectivity index (χ0) is 23.1. The molecule has 32 heavy (non-hydrogen) atoms. The first kappa shape index (κ1) is 23.7. The van der Waals surface area contributed by atoms with Crippen LogP contribution < -0.4 is 15.4 Å². The monoisotopic (exact) mass is 459 g/mol. The van der Waals surface area contributed by atoms with Gasteiger partial charge in [-0.15, -0.1) is 0 Å². The van der Waals surface area contributed by atoms with Gasteiger partial charge in [0.15, 0.2) is 0 Å². The largest absolute Gasteiger partial charge is 0.496 e. The molecule has 172 valence electrons. The maximum absolute atomic E-state index is 12.8. The smallest absolute Gasteiger partial charge is 0.255 e. The molecule has 9 heteroatoms. The van der Waals surface area contributed by atoms with Crippen LogP contribution in [0.15, 0.2) is 53.4 Å². The summed E-state index contributed by atoms with van der Waals surface area (Å²) in [6.45, 7) is 3.27. The summed E-state index contributed by atoms with van der Waals surface area (Å²) in [6.07, 6.45) is 1.98. The summed E-state index contributed by atoms with van der Waals surface area (Å²) in [6, 6.07) is 13.0. The number of hydrogen-bond acceptors (Lipinski definition) is 5. The van der Waals surface area contributed by atoms with Crippen LogP contribution in [0.25, 0.3) is 0 Å². The number of nitrogens with zero attached hydrogens (tertiary/aromatic N) is 1. The normalized spacial score (nSPS) is 16.9. The molecule has 2 N–H and O–H groups in total. The molecule has 1 aliphatic rings. The maximum Gasteiger partial charge on any atom is 0.255 e. The molecule has 8 nitrogen and oxygen atoms in total. The number of para-hydroxylation sites is 1. The average Bonchev–Trinajstić information content (AvgIpc) is 2.79. The van der Waals surface area contributed by atoms with Crippen molar-refractivity contribution in [3.8, 4) is 5.75 Å². The van der Waals surface area contributed by atoms with Crippen molar-refractivity contribution in [3.05, 3.63) is 54.1 Å². The highest BCUT2D eigenvalue weighted by Crippen LogP contribution is 2.24. The van der Waals surface area contributed by atoms with Crippen molar-refractivity contribution >= 4 is 27.5 Å². The van der Waals surface area contributed by atoms with Gasteiger partial charge in [-0.05, 0) is 55.2 Å². The number of benzene rings is 2. The van der Waals surface area contributed by atoms with E-state index >= 15 is 0 Å². The molecule has 2 aromatic carbocycles. The molecule has 0 spiro atoms. The van der Waals surface area contributed by atoms with Crippen molar-refractivity contribution in [1.82, 2.24) is 9.62 Å². The van der Waals surface area contributed by atoms with Crippen LogP contribution >= 0.6 is 0 Å². The lowest BCUT2D eigenvalue weighted by Gasteiger charge is -2.30. The number of piperidine rings is 1. The van der Waals surface area contributed by atoms with E-state index in [1.165, 1.54) is 23.5 Å². The van der Waals surface area contributed by atoms with Crippen molar-refractivity contribution in [2.24, 2.45) is 5.92 Å². The van der Waals surface area contributed by atoms with Crippen LogP contribution in [-0.2, 0) is 14.8 Å². The Kier molecular flexibility index (Phi) is 7.87. The van der Waals surface area contributed by atoms with E-state index < -0.39 is 10.0 Å². The molecule has 2 aromatic rings. The number of rotatable bonds is 8. The molecule has 0 aromatic heterocycles.